The molecule has 0 fully saturated rings. The van der Waals surface area contributed by atoms with Crippen molar-refractivity contribution >= 4 is 5.71 Å². The van der Waals surface area contributed by atoms with Crippen LogP contribution in [0.4, 0.5) is 0 Å². The lowest BCUT2D eigenvalue weighted by molar-refractivity contribution is 0.345. The van der Waals surface area contributed by atoms with Crippen molar-refractivity contribution in [2.45, 2.75) is 24.8 Å². The molecule has 0 N–H and O–H groups in total. The molecule has 1 atom stereocenters. The van der Waals surface area contributed by atoms with Crippen molar-refractivity contribution in [3.63, 3.8) is 0 Å². The molecule has 154 valence electrons. The van der Waals surface area contributed by atoms with Crippen LogP contribution in [0.1, 0.15) is 35.4 Å². The normalized spacial score (nSPS) is 17.5. The highest BCUT2D eigenvalue weighted by Gasteiger charge is 2.47. The molecule has 1 aromatic heterocycles. The van der Waals surface area contributed by atoms with Gasteiger partial charge in [-0.1, -0.05) is 91.0 Å². The summed E-state index contributed by atoms with van der Waals surface area (Å²) < 4.78 is 2.08. The molecule has 31 heavy (non-hydrogen) atoms. The van der Waals surface area contributed by atoms with E-state index in [0.29, 0.717) is 5.92 Å². The van der Waals surface area contributed by atoms with Gasteiger partial charge in [-0.25, -0.2) is 4.98 Å². The fraction of sp³-hybridized carbons (Fsp3) is 0.214. The highest BCUT2D eigenvalue weighted by molar-refractivity contribution is 6.00. The first-order chi connectivity index (χ1) is 15.3. The zero-order chi connectivity index (χ0) is 21.1. The molecule has 1 aliphatic rings. The van der Waals surface area contributed by atoms with E-state index >= 15 is 0 Å². The number of hydrogen-bond acceptors (Lipinski definition) is 2. The molecule has 0 aliphatic carbocycles. The van der Waals surface area contributed by atoms with Crippen molar-refractivity contribution in [2.75, 3.05) is 0 Å². The Bertz CT molecular complexity index is 1120. The summed E-state index contributed by atoms with van der Waals surface area (Å²) in [6.07, 6.45) is 6.88. The molecule has 4 aromatic rings. The molecule has 5 rings (SSSR count). The number of hydrogen-bond donors (Lipinski definition) is 0. The third kappa shape index (κ3) is 3.61. The Morgan fingerprint density at radius 1 is 0.839 bits per heavy atom. The van der Waals surface area contributed by atoms with Gasteiger partial charge in [0.25, 0.3) is 0 Å². The Hall–Kier alpha value is -3.46. The molecule has 0 amide bonds. The van der Waals surface area contributed by atoms with Crippen LogP contribution < -0.4 is 0 Å². The summed E-state index contributed by atoms with van der Waals surface area (Å²) >= 11 is 0. The van der Waals surface area contributed by atoms with E-state index in [2.05, 4.69) is 108 Å². The Morgan fingerprint density at radius 2 is 1.42 bits per heavy atom. The van der Waals surface area contributed by atoms with Crippen LogP contribution in [0.2, 0.25) is 0 Å². The first-order valence-corrected chi connectivity index (χ1v) is 11.0. The predicted octanol–water partition coefficient (Wildman–Crippen LogP) is 5.81. The van der Waals surface area contributed by atoms with Crippen LogP contribution in [0, 0.1) is 5.92 Å². The Labute approximate surface area is 184 Å². The smallest absolute Gasteiger partial charge is 0.153 e. The van der Waals surface area contributed by atoms with E-state index in [1.807, 2.05) is 12.4 Å². The first kappa shape index (κ1) is 19.5. The van der Waals surface area contributed by atoms with E-state index in [9.17, 15) is 0 Å². The molecule has 0 radical (unpaired) electrons. The van der Waals surface area contributed by atoms with E-state index in [4.69, 9.17) is 4.99 Å². The van der Waals surface area contributed by atoms with E-state index in [0.717, 1.165) is 30.8 Å². The quantitative estimate of drug-likeness (QED) is 0.398. The summed E-state index contributed by atoms with van der Waals surface area (Å²) in [6, 6.07) is 32.4. The van der Waals surface area contributed by atoms with Crippen molar-refractivity contribution in [3.8, 4) is 0 Å². The number of nitrogens with zero attached hydrogens (tertiary/aromatic N) is 3. The summed E-state index contributed by atoms with van der Waals surface area (Å²) in [5, 5.41) is 0. The number of aliphatic imine (C=N–C) groups is 1. The molecular weight excluding hydrogens is 378 g/mol. The molecule has 0 bridgehead atoms. The summed E-state index contributed by atoms with van der Waals surface area (Å²) in [7, 11) is 2.05. The molecule has 0 unspecified atom stereocenters. The minimum Gasteiger partial charge on any atom is -0.333 e. The Kier molecular flexibility index (Phi) is 5.25. The van der Waals surface area contributed by atoms with Gasteiger partial charge in [0.05, 0.1) is 5.71 Å². The van der Waals surface area contributed by atoms with Gasteiger partial charge in [-0.05, 0) is 41.9 Å². The van der Waals surface area contributed by atoms with Gasteiger partial charge in [0.1, 0.15) is 5.54 Å². The highest BCUT2D eigenvalue weighted by atomic mass is 15.1. The van der Waals surface area contributed by atoms with Crippen molar-refractivity contribution in [1.29, 1.82) is 0 Å². The zero-order valence-corrected chi connectivity index (χ0v) is 17.9. The van der Waals surface area contributed by atoms with Crippen molar-refractivity contribution < 1.29 is 0 Å². The highest BCUT2D eigenvalue weighted by Crippen LogP contribution is 2.49. The predicted molar refractivity (Wildman–Crippen MR) is 126 cm³/mol. The van der Waals surface area contributed by atoms with Crippen molar-refractivity contribution in [3.05, 3.63) is 126 Å². The molecule has 1 aliphatic heterocycles. The van der Waals surface area contributed by atoms with Crippen LogP contribution in [0.25, 0.3) is 0 Å². The van der Waals surface area contributed by atoms with Gasteiger partial charge in [-0.15, -0.1) is 0 Å². The lowest BCUT2D eigenvalue weighted by Crippen LogP contribution is -2.32. The molecule has 0 spiro atoms. The topological polar surface area (TPSA) is 30.2 Å². The van der Waals surface area contributed by atoms with E-state index < -0.39 is 5.54 Å². The monoisotopic (exact) mass is 405 g/mol. The lowest BCUT2D eigenvalue weighted by atomic mass is 9.71. The number of rotatable bonds is 6. The molecule has 3 heteroatoms. The van der Waals surface area contributed by atoms with Gasteiger partial charge >= 0.3 is 0 Å². The van der Waals surface area contributed by atoms with Gasteiger partial charge in [-0.3, -0.25) is 4.99 Å². The fourth-order valence-electron chi connectivity index (χ4n) is 4.96. The average molecular weight is 406 g/mol. The maximum Gasteiger partial charge on any atom is 0.153 e. The summed E-state index contributed by atoms with van der Waals surface area (Å²) in [4.78, 5) is 10.1. The number of benzene rings is 3. The van der Waals surface area contributed by atoms with E-state index in [-0.39, 0.29) is 0 Å². The molecule has 3 nitrogen and oxygen atoms in total. The van der Waals surface area contributed by atoms with Crippen LogP contribution >= 0.6 is 0 Å². The Balaban J connectivity index is 1.64. The minimum absolute atomic E-state index is 0.351. The van der Waals surface area contributed by atoms with E-state index in [1.54, 1.807) is 0 Å². The largest absolute Gasteiger partial charge is 0.333 e. The average Bonchev–Trinajstić information content (AvgIpc) is 3.43. The van der Waals surface area contributed by atoms with Gasteiger partial charge in [0.15, 0.2) is 5.82 Å². The third-order valence-electron chi connectivity index (χ3n) is 6.47. The maximum absolute atomic E-state index is 5.49. The second kappa shape index (κ2) is 8.35. The summed E-state index contributed by atoms with van der Waals surface area (Å²) in [5.41, 5.74) is 4.58. The Morgan fingerprint density at radius 3 is 1.97 bits per heavy atom. The van der Waals surface area contributed by atoms with Crippen LogP contribution in [0.15, 0.2) is 108 Å². The minimum atomic E-state index is -0.404. The molecule has 2 heterocycles. The standard InChI is InChI=1S/C28H27N3/c1-31-20-19-29-27(31)26-21-25(18-17-22-11-5-2-6-12-22)28(30-26,23-13-7-3-8-14-23)24-15-9-4-10-16-24/h2-16,19-20,25H,17-18,21H2,1H3/t25-/m0/s1. The second-order valence-corrected chi connectivity index (χ2v) is 8.34. The van der Waals surface area contributed by atoms with Gasteiger partial charge in [0, 0.05) is 19.4 Å². The molecule has 0 saturated carbocycles. The summed E-state index contributed by atoms with van der Waals surface area (Å²) in [5.74, 6) is 1.32. The molecule has 0 saturated heterocycles. The summed E-state index contributed by atoms with van der Waals surface area (Å²) in [6.45, 7) is 0. The van der Waals surface area contributed by atoms with Gasteiger partial charge in [-0.2, -0.15) is 0 Å². The van der Waals surface area contributed by atoms with Crippen LogP contribution in [0.3, 0.4) is 0 Å². The van der Waals surface area contributed by atoms with Gasteiger partial charge in [0.2, 0.25) is 0 Å². The first-order valence-electron chi connectivity index (χ1n) is 11.0. The molecule has 3 aromatic carbocycles. The SMILES string of the molecule is Cn1ccnc1C1=NC(c2ccccc2)(c2ccccc2)[C@@H](CCc2ccccc2)C1. The molecular formula is C28H27N3. The third-order valence-corrected chi connectivity index (χ3v) is 6.47. The maximum atomic E-state index is 5.49. The van der Waals surface area contributed by atoms with Crippen LogP contribution in [-0.2, 0) is 19.0 Å². The zero-order valence-electron chi connectivity index (χ0n) is 17.9. The lowest BCUT2D eigenvalue weighted by Gasteiger charge is -2.34. The fourth-order valence-corrected chi connectivity index (χ4v) is 4.96. The van der Waals surface area contributed by atoms with E-state index in [1.165, 1.54) is 16.7 Å². The number of aromatic nitrogens is 2. The van der Waals surface area contributed by atoms with Crippen LogP contribution in [-0.4, -0.2) is 15.3 Å². The van der Waals surface area contributed by atoms with Crippen molar-refractivity contribution in [2.24, 2.45) is 18.0 Å². The number of imidazole rings is 1. The second-order valence-electron chi connectivity index (χ2n) is 8.34. The van der Waals surface area contributed by atoms with Crippen molar-refractivity contribution in [1.82, 2.24) is 9.55 Å². The van der Waals surface area contributed by atoms with Gasteiger partial charge < -0.3 is 4.57 Å². The van der Waals surface area contributed by atoms with Crippen LogP contribution in [0.5, 0.6) is 0 Å². The number of aryl methyl sites for hydroxylation is 2.